The summed E-state index contributed by atoms with van der Waals surface area (Å²) in [5, 5.41) is 7.64. The number of hydrogen-bond acceptors (Lipinski definition) is 2. The van der Waals surface area contributed by atoms with Crippen molar-refractivity contribution in [1.82, 2.24) is 15.1 Å². The predicted octanol–water partition coefficient (Wildman–Crippen LogP) is 1.11. The Kier molecular flexibility index (Phi) is 1.89. The van der Waals surface area contributed by atoms with Crippen LogP contribution in [0.4, 0.5) is 0 Å². The second kappa shape index (κ2) is 2.90. The molecule has 1 N–H and O–H groups in total. The first-order valence-electron chi connectivity index (χ1n) is 4.58. The minimum atomic E-state index is 0.542. The quantitative estimate of drug-likeness (QED) is 0.711. The van der Waals surface area contributed by atoms with Crippen molar-refractivity contribution in [2.45, 2.75) is 32.4 Å². The molecule has 66 valence electrons. The Bertz CT molecular complexity index is 277. The summed E-state index contributed by atoms with van der Waals surface area (Å²) in [4.78, 5) is 0. The van der Waals surface area contributed by atoms with Crippen LogP contribution in [-0.2, 0) is 13.0 Å². The van der Waals surface area contributed by atoms with Crippen molar-refractivity contribution in [2.75, 3.05) is 7.05 Å². The number of nitrogens with one attached hydrogen (secondary N) is 1. The largest absolute Gasteiger partial charge is 0.313 e. The first-order valence-corrected chi connectivity index (χ1v) is 4.58. The summed E-state index contributed by atoms with van der Waals surface area (Å²) in [6, 6.07) is 0.542. The number of aryl methyl sites for hydroxylation is 1. The van der Waals surface area contributed by atoms with Gasteiger partial charge in [0.25, 0.3) is 0 Å². The van der Waals surface area contributed by atoms with Crippen molar-refractivity contribution in [3.8, 4) is 0 Å². The van der Waals surface area contributed by atoms with Gasteiger partial charge in [-0.25, -0.2) is 0 Å². The second-order valence-electron chi connectivity index (χ2n) is 3.24. The van der Waals surface area contributed by atoms with Crippen LogP contribution in [0, 0.1) is 0 Å². The molecule has 3 nitrogen and oxygen atoms in total. The highest BCUT2D eigenvalue weighted by molar-refractivity contribution is 5.27. The van der Waals surface area contributed by atoms with E-state index in [4.69, 9.17) is 0 Å². The Balaban J connectivity index is 2.35. The number of rotatable bonds is 2. The van der Waals surface area contributed by atoms with Gasteiger partial charge in [0.05, 0.1) is 6.20 Å². The molecule has 0 aromatic carbocycles. The van der Waals surface area contributed by atoms with Crippen LogP contribution in [0.15, 0.2) is 6.20 Å². The molecule has 0 radical (unpaired) electrons. The lowest BCUT2D eigenvalue weighted by Gasteiger charge is -2.05. The van der Waals surface area contributed by atoms with Crippen molar-refractivity contribution in [3.05, 3.63) is 17.5 Å². The van der Waals surface area contributed by atoms with Crippen LogP contribution >= 0.6 is 0 Å². The average Bonchev–Trinajstić information content (AvgIpc) is 2.62. The third kappa shape index (κ3) is 0.966. The van der Waals surface area contributed by atoms with Crippen LogP contribution < -0.4 is 5.32 Å². The minimum Gasteiger partial charge on any atom is -0.313 e. The van der Waals surface area contributed by atoms with Gasteiger partial charge in [-0.2, -0.15) is 5.10 Å². The highest BCUT2D eigenvalue weighted by Crippen LogP contribution is 2.30. The molecule has 0 spiro atoms. The SMILES string of the molecule is CCn1ncc2c1CC[C@@H]2NC. The fraction of sp³-hybridized carbons (Fsp3) is 0.667. The van der Waals surface area contributed by atoms with Gasteiger partial charge in [0.2, 0.25) is 0 Å². The average molecular weight is 165 g/mol. The molecule has 1 aliphatic carbocycles. The fourth-order valence-electron chi connectivity index (χ4n) is 2.00. The topological polar surface area (TPSA) is 29.9 Å². The van der Waals surface area contributed by atoms with E-state index in [1.54, 1.807) is 0 Å². The van der Waals surface area contributed by atoms with Gasteiger partial charge in [0.15, 0.2) is 0 Å². The molecule has 2 rings (SSSR count). The molecule has 0 fully saturated rings. The van der Waals surface area contributed by atoms with E-state index in [1.807, 2.05) is 13.2 Å². The summed E-state index contributed by atoms with van der Waals surface area (Å²) in [6.07, 6.45) is 4.41. The van der Waals surface area contributed by atoms with E-state index in [9.17, 15) is 0 Å². The Morgan fingerprint density at radius 1 is 1.75 bits per heavy atom. The van der Waals surface area contributed by atoms with Gasteiger partial charge in [-0.1, -0.05) is 0 Å². The van der Waals surface area contributed by atoms with E-state index in [1.165, 1.54) is 24.1 Å². The molecule has 12 heavy (non-hydrogen) atoms. The van der Waals surface area contributed by atoms with Crippen LogP contribution in [0.1, 0.15) is 30.6 Å². The standard InChI is InChI=1S/C9H15N3/c1-3-12-9-5-4-8(10-2)7(9)6-11-12/h6,8,10H,3-5H2,1-2H3/t8-/m0/s1. The predicted molar refractivity (Wildman–Crippen MR) is 48.0 cm³/mol. The third-order valence-electron chi connectivity index (χ3n) is 2.67. The van der Waals surface area contributed by atoms with Gasteiger partial charge in [0.1, 0.15) is 0 Å². The molecule has 3 heteroatoms. The lowest BCUT2D eigenvalue weighted by molar-refractivity contribution is 0.572. The Hall–Kier alpha value is -0.830. The second-order valence-corrected chi connectivity index (χ2v) is 3.24. The maximum atomic E-state index is 4.33. The maximum absolute atomic E-state index is 4.33. The molecule has 1 aromatic heterocycles. The summed E-state index contributed by atoms with van der Waals surface area (Å²) < 4.78 is 2.10. The van der Waals surface area contributed by atoms with E-state index in [0.29, 0.717) is 6.04 Å². The minimum absolute atomic E-state index is 0.542. The van der Waals surface area contributed by atoms with Crippen molar-refractivity contribution in [3.63, 3.8) is 0 Å². The number of fused-ring (bicyclic) bond motifs is 1. The zero-order valence-corrected chi connectivity index (χ0v) is 7.67. The first-order chi connectivity index (χ1) is 5.86. The molecule has 0 bridgehead atoms. The molecular formula is C9H15N3. The maximum Gasteiger partial charge on any atom is 0.0540 e. The normalized spacial score (nSPS) is 21.3. The summed E-state index contributed by atoms with van der Waals surface area (Å²) in [7, 11) is 2.02. The Morgan fingerprint density at radius 3 is 3.25 bits per heavy atom. The van der Waals surface area contributed by atoms with Crippen molar-refractivity contribution in [2.24, 2.45) is 0 Å². The fourth-order valence-corrected chi connectivity index (χ4v) is 2.00. The third-order valence-corrected chi connectivity index (χ3v) is 2.67. The van der Waals surface area contributed by atoms with Gasteiger partial charge in [0, 0.05) is 23.8 Å². The monoisotopic (exact) mass is 165 g/mol. The van der Waals surface area contributed by atoms with Gasteiger partial charge < -0.3 is 5.32 Å². The van der Waals surface area contributed by atoms with Gasteiger partial charge >= 0.3 is 0 Å². The number of aromatic nitrogens is 2. The number of nitrogens with zero attached hydrogens (tertiary/aromatic N) is 2. The van der Waals surface area contributed by atoms with Crippen LogP contribution in [-0.4, -0.2) is 16.8 Å². The zero-order chi connectivity index (χ0) is 8.55. The van der Waals surface area contributed by atoms with Crippen LogP contribution in [0.3, 0.4) is 0 Å². The van der Waals surface area contributed by atoms with Crippen molar-refractivity contribution >= 4 is 0 Å². The molecule has 1 heterocycles. The molecule has 0 unspecified atom stereocenters. The van der Waals surface area contributed by atoms with Gasteiger partial charge in [-0.3, -0.25) is 4.68 Å². The molecule has 1 aliphatic rings. The molecule has 0 saturated carbocycles. The van der Waals surface area contributed by atoms with E-state index in [0.717, 1.165) is 6.54 Å². The summed E-state index contributed by atoms with van der Waals surface area (Å²) in [5.41, 5.74) is 2.83. The highest BCUT2D eigenvalue weighted by Gasteiger charge is 2.24. The summed E-state index contributed by atoms with van der Waals surface area (Å²) in [6.45, 7) is 3.13. The van der Waals surface area contributed by atoms with E-state index >= 15 is 0 Å². The lowest BCUT2D eigenvalue weighted by Crippen LogP contribution is -2.12. The first kappa shape index (κ1) is 7.80. The molecular weight excluding hydrogens is 150 g/mol. The lowest BCUT2D eigenvalue weighted by atomic mass is 10.2. The van der Waals surface area contributed by atoms with Crippen molar-refractivity contribution in [1.29, 1.82) is 0 Å². The van der Waals surface area contributed by atoms with E-state index in [-0.39, 0.29) is 0 Å². The Labute approximate surface area is 72.8 Å². The molecule has 0 amide bonds. The smallest absolute Gasteiger partial charge is 0.0540 e. The van der Waals surface area contributed by atoms with E-state index < -0.39 is 0 Å². The van der Waals surface area contributed by atoms with Crippen LogP contribution in [0.5, 0.6) is 0 Å². The van der Waals surface area contributed by atoms with Gasteiger partial charge in [-0.15, -0.1) is 0 Å². The van der Waals surface area contributed by atoms with Gasteiger partial charge in [-0.05, 0) is 26.8 Å². The van der Waals surface area contributed by atoms with Crippen molar-refractivity contribution < 1.29 is 0 Å². The zero-order valence-electron chi connectivity index (χ0n) is 7.67. The van der Waals surface area contributed by atoms with E-state index in [2.05, 4.69) is 22.0 Å². The Morgan fingerprint density at radius 2 is 2.58 bits per heavy atom. The van der Waals surface area contributed by atoms with Crippen LogP contribution in [0.2, 0.25) is 0 Å². The summed E-state index contributed by atoms with van der Waals surface area (Å²) in [5.74, 6) is 0. The summed E-state index contributed by atoms with van der Waals surface area (Å²) >= 11 is 0. The molecule has 1 aromatic rings. The highest BCUT2D eigenvalue weighted by atomic mass is 15.3. The number of hydrogen-bond donors (Lipinski definition) is 1. The molecule has 0 aliphatic heterocycles. The molecule has 0 saturated heterocycles. The molecule has 1 atom stereocenters. The van der Waals surface area contributed by atoms with Crippen LogP contribution in [0.25, 0.3) is 0 Å².